The summed E-state index contributed by atoms with van der Waals surface area (Å²) >= 11 is 1.10. The van der Waals surface area contributed by atoms with Gasteiger partial charge in [-0.25, -0.2) is 4.79 Å². The summed E-state index contributed by atoms with van der Waals surface area (Å²) in [6.07, 6.45) is 1.78. The van der Waals surface area contributed by atoms with E-state index in [9.17, 15) is 9.59 Å². The van der Waals surface area contributed by atoms with E-state index in [0.717, 1.165) is 24.2 Å². The zero-order valence-electron chi connectivity index (χ0n) is 12.0. The minimum absolute atomic E-state index is 0.0920. The maximum Gasteiger partial charge on any atom is 0.343 e. The number of ether oxygens (including phenoxy) is 1. The number of nitrogen functional groups attached to an aromatic ring is 1. The van der Waals surface area contributed by atoms with Crippen LogP contribution in [0, 0.1) is 0 Å². The van der Waals surface area contributed by atoms with Crippen molar-refractivity contribution >= 4 is 33.9 Å². The predicted octanol–water partition coefficient (Wildman–Crippen LogP) is 2.21. The summed E-state index contributed by atoms with van der Waals surface area (Å²) in [5.74, 6) is -1.18. The Bertz CT molecular complexity index is 495. The monoisotopic (exact) mass is 299 g/mol. The van der Waals surface area contributed by atoms with Crippen molar-refractivity contribution in [3.8, 4) is 0 Å². The van der Waals surface area contributed by atoms with Crippen LogP contribution in [-0.4, -0.2) is 24.5 Å². The molecule has 0 aliphatic rings. The Morgan fingerprint density at radius 3 is 2.35 bits per heavy atom. The normalized spacial score (nSPS) is 10.6. The summed E-state index contributed by atoms with van der Waals surface area (Å²) in [5, 5.41) is 3.78. The lowest BCUT2D eigenvalue weighted by Crippen LogP contribution is -2.18. The van der Waals surface area contributed by atoms with Gasteiger partial charge in [0.25, 0.3) is 5.91 Å². The van der Waals surface area contributed by atoms with E-state index >= 15 is 0 Å². The number of esters is 1. The van der Waals surface area contributed by atoms with E-state index in [1.54, 1.807) is 6.92 Å². The summed E-state index contributed by atoms with van der Waals surface area (Å²) in [6.45, 7) is 6.03. The van der Waals surface area contributed by atoms with Crippen LogP contribution in [-0.2, 0) is 4.74 Å². The minimum atomic E-state index is -0.643. The van der Waals surface area contributed by atoms with Gasteiger partial charge >= 0.3 is 5.97 Å². The summed E-state index contributed by atoms with van der Waals surface area (Å²) < 4.78 is 4.99. The average Bonchev–Trinajstić information content (AvgIpc) is 2.73. The highest BCUT2D eigenvalue weighted by Crippen LogP contribution is 2.36. The molecular formula is C13H21N3O3S. The van der Waals surface area contributed by atoms with Gasteiger partial charge in [-0.2, -0.15) is 0 Å². The van der Waals surface area contributed by atoms with Crippen LogP contribution in [0.3, 0.4) is 0 Å². The molecule has 112 valence electrons. The van der Waals surface area contributed by atoms with Crippen LogP contribution in [0.1, 0.15) is 53.6 Å². The highest BCUT2D eigenvalue weighted by Gasteiger charge is 2.26. The molecule has 0 spiro atoms. The molecule has 0 aliphatic carbocycles. The zero-order chi connectivity index (χ0) is 15.3. The van der Waals surface area contributed by atoms with Crippen molar-refractivity contribution in [3.05, 3.63) is 10.4 Å². The molecule has 0 aliphatic heterocycles. The molecule has 0 radical (unpaired) electrons. The first-order chi connectivity index (χ1) is 9.46. The molecule has 6 nitrogen and oxygen atoms in total. The molecular weight excluding hydrogens is 278 g/mol. The Morgan fingerprint density at radius 2 is 1.90 bits per heavy atom. The number of rotatable bonds is 7. The molecule has 1 aromatic rings. The van der Waals surface area contributed by atoms with Crippen LogP contribution in [0.2, 0.25) is 0 Å². The number of amides is 1. The van der Waals surface area contributed by atoms with Gasteiger partial charge in [0, 0.05) is 6.04 Å². The first-order valence-corrected chi connectivity index (χ1v) is 7.43. The van der Waals surface area contributed by atoms with Crippen LogP contribution in [0.15, 0.2) is 0 Å². The summed E-state index contributed by atoms with van der Waals surface area (Å²) in [7, 11) is 0. The number of thiophene rings is 1. The lowest BCUT2D eigenvalue weighted by molar-refractivity contribution is 0.0529. The van der Waals surface area contributed by atoms with Gasteiger partial charge in [0.1, 0.15) is 15.4 Å². The first kappa shape index (κ1) is 16.3. The van der Waals surface area contributed by atoms with Crippen molar-refractivity contribution in [2.75, 3.05) is 17.7 Å². The van der Waals surface area contributed by atoms with Crippen LogP contribution in [0.5, 0.6) is 0 Å². The number of hydrogen-bond donors (Lipinski definition) is 3. The van der Waals surface area contributed by atoms with E-state index in [2.05, 4.69) is 5.32 Å². The van der Waals surface area contributed by atoms with Crippen molar-refractivity contribution in [2.24, 2.45) is 5.73 Å². The molecule has 20 heavy (non-hydrogen) atoms. The molecule has 0 bridgehead atoms. The van der Waals surface area contributed by atoms with Gasteiger partial charge < -0.3 is 21.5 Å². The lowest BCUT2D eigenvalue weighted by Gasteiger charge is -2.15. The average molecular weight is 299 g/mol. The standard InChI is InChI=1S/C13H21N3O3S/c1-4-7(5-2)16-12-8(13(18)19-6-3)9(14)10(20-12)11(15)17/h7,16H,4-6,14H2,1-3H3,(H2,15,17). The maximum absolute atomic E-state index is 12.0. The number of nitrogens with one attached hydrogen (secondary N) is 1. The summed E-state index contributed by atoms with van der Waals surface area (Å²) in [4.78, 5) is 23.5. The molecule has 0 saturated carbocycles. The van der Waals surface area contributed by atoms with E-state index in [-0.39, 0.29) is 28.8 Å². The minimum Gasteiger partial charge on any atom is -0.462 e. The SMILES string of the molecule is CCOC(=O)c1c(NC(CC)CC)sc(C(N)=O)c1N. The fraction of sp³-hybridized carbons (Fsp3) is 0.538. The van der Waals surface area contributed by atoms with E-state index in [1.807, 2.05) is 13.8 Å². The summed E-state index contributed by atoms with van der Waals surface area (Å²) in [6, 6.07) is 0.196. The molecule has 1 aromatic heterocycles. The van der Waals surface area contributed by atoms with Crippen molar-refractivity contribution < 1.29 is 14.3 Å². The quantitative estimate of drug-likeness (QED) is 0.669. The highest BCUT2D eigenvalue weighted by atomic mass is 32.1. The molecule has 0 fully saturated rings. The molecule has 5 N–H and O–H groups in total. The molecule has 7 heteroatoms. The van der Waals surface area contributed by atoms with Crippen LogP contribution >= 0.6 is 11.3 Å². The number of carbonyl (C=O) groups is 2. The van der Waals surface area contributed by atoms with Crippen molar-refractivity contribution in [1.82, 2.24) is 0 Å². The molecule has 0 saturated heterocycles. The fourth-order valence-electron chi connectivity index (χ4n) is 1.81. The van der Waals surface area contributed by atoms with Crippen LogP contribution in [0.4, 0.5) is 10.7 Å². The predicted molar refractivity (Wildman–Crippen MR) is 81.2 cm³/mol. The van der Waals surface area contributed by atoms with Gasteiger partial charge in [-0.3, -0.25) is 4.79 Å². The van der Waals surface area contributed by atoms with E-state index < -0.39 is 11.9 Å². The second-order valence-corrected chi connectivity index (χ2v) is 5.31. The van der Waals surface area contributed by atoms with Gasteiger partial charge in [-0.15, -0.1) is 11.3 Å². The Labute approximate surface area is 122 Å². The smallest absolute Gasteiger partial charge is 0.343 e. The molecule has 0 aromatic carbocycles. The topological polar surface area (TPSA) is 107 Å². The zero-order valence-corrected chi connectivity index (χ0v) is 12.8. The highest BCUT2D eigenvalue weighted by molar-refractivity contribution is 7.19. The van der Waals surface area contributed by atoms with Crippen molar-refractivity contribution in [1.29, 1.82) is 0 Å². The Balaban J connectivity index is 3.22. The largest absolute Gasteiger partial charge is 0.462 e. The van der Waals surface area contributed by atoms with Gasteiger partial charge in [-0.05, 0) is 19.8 Å². The molecule has 1 rings (SSSR count). The van der Waals surface area contributed by atoms with Gasteiger partial charge in [-0.1, -0.05) is 13.8 Å². The third-order valence-corrected chi connectivity index (χ3v) is 4.12. The molecule has 0 unspecified atom stereocenters. The summed E-state index contributed by atoms with van der Waals surface area (Å²) in [5.41, 5.74) is 11.4. The number of primary amides is 1. The Morgan fingerprint density at radius 1 is 1.30 bits per heavy atom. The second-order valence-electron chi connectivity index (χ2n) is 4.29. The molecule has 1 heterocycles. The maximum atomic E-state index is 12.0. The van der Waals surface area contributed by atoms with Crippen LogP contribution in [0.25, 0.3) is 0 Å². The first-order valence-electron chi connectivity index (χ1n) is 6.61. The van der Waals surface area contributed by atoms with Gasteiger partial charge in [0.15, 0.2) is 0 Å². The molecule has 0 atom stereocenters. The third kappa shape index (κ3) is 3.41. The number of carbonyl (C=O) groups excluding carboxylic acids is 2. The van der Waals surface area contributed by atoms with E-state index in [4.69, 9.17) is 16.2 Å². The van der Waals surface area contributed by atoms with Crippen molar-refractivity contribution in [3.63, 3.8) is 0 Å². The number of hydrogen-bond acceptors (Lipinski definition) is 6. The van der Waals surface area contributed by atoms with E-state index in [0.29, 0.717) is 5.00 Å². The van der Waals surface area contributed by atoms with Gasteiger partial charge in [0.05, 0.1) is 12.3 Å². The van der Waals surface area contributed by atoms with Gasteiger partial charge in [0.2, 0.25) is 0 Å². The molecule has 1 amide bonds. The Kier molecular flexibility index (Phi) is 5.82. The number of nitrogens with two attached hydrogens (primary N) is 2. The van der Waals surface area contributed by atoms with Crippen molar-refractivity contribution in [2.45, 2.75) is 39.7 Å². The van der Waals surface area contributed by atoms with Crippen LogP contribution < -0.4 is 16.8 Å². The lowest BCUT2D eigenvalue weighted by atomic mass is 10.1. The van der Waals surface area contributed by atoms with E-state index in [1.165, 1.54) is 0 Å². The number of anilines is 2. The second kappa shape index (κ2) is 7.14. The third-order valence-electron chi connectivity index (χ3n) is 2.97. The Hall–Kier alpha value is -1.76. The fourth-order valence-corrected chi connectivity index (χ4v) is 2.85.